The summed E-state index contributed by atoms with van der Waals surface area (Å²) in [6, 6.07) is 3.57. The number of imidazole rings is 1. The first-order chi connectivity index (χ1) is 9.47. The van der Waals surface area contributed by atoms with Gasteiger partial charge in [-0.3, -0.25) is 0 Å². The lowest BCUT2D eigenvalue weighted by atomic mass is 10.2. The highest BCUT2D eigenvalue weighted by molar-refractivity contribution is 5.77. The van der Waals surface area contributed by atoms with Crippen LogP contribution in [0.1, 0.15) is 17.8 Å². The number of alkyl halides is 3. The van der Waals surface area contributed by atoms with E-state index in [4.69, 9.17) is 10.5 Å². The fraction of sp³-hybridized carbons (Fsp3) is 0.462. The Morgan fingerprint density at radius 3 is 2.70 bits per heavy atom. The molecule has 0 saturated heterocycles. The highest BCUT2D eigenvalue weighted by Gasteiger charge is 2.31. The maximum absolute atomic E-state index is 12.7. The Balaban J connectivity index is 2.41. The molecule has 2 rings (SSSR count). The van der Waals surface area contributed by atoms with Crippen LogP contribution in [0.25, 0.3) is 11.0 Å². The van der Waals surface area contributed by atoms with Gasteiger partial charge in [-0.15, -0.1) is 0 Å². The quantitative estimate of drug-likeness (QED) is 0.860. The predicted octanol–water partition coefficient (Wildman–Crippen LogP) is 2.55. The molecule has 0 amide bonds. The zero-order valence-electron chi connectivity index (χ0n) is 11.1. The molecule has 0 fully saturated rings. The van der Waals surface area contributed by atoms with Crippen LogP contribution in [0.4, 0.5) is 13.2 Å². The Hall–Kier alpha value is -1.60. The van der Waals surface area contributed by atoms with E-state index < -0.39 is 11.7 Å². The zero-order chi connectivity index (χ0) is 14.8. The number of hydrogen-bond acceptors (Lipinski definition) is 3. The molecule has 110 valence electrons. The first-order valence-electron chi connectivity index (χ1n) is 6.22. The van der Waals surface area contributed by atoms with Crippen molar-refractivity contribution in [3.8, 4) is 0 Å². The summed E-state index contributed by atoms with van der Waals surface area (Å²) in [6.07, 6.45) is -3.62. The molecule has 0 radical (unpaired) electrons. The van der Waals surface area contributed by atoms with Crippen molar-refractivity contribution in [1.29, 1.82) is 0 Å². The minimum atomic E-state index is -4.36. The summed E-state index contributed by atoms with van der Waals surface area (Å²) in [6.45, 7) is 1.37. The van der Waals surface area contributed by atoms with Gasteiger partial charge in [0.1, 0.15) is 5.82 Å². The van der Waals surface area contributed by atoms with Crippen molar-refractivity contribution in [3.05, 3.63) is 29.6 Å². The second-order valence-corrected chi connectivity index (χ2v) is 4.43. The Morgan fingerprint density at radius 1 is 1.35 bits per heavy atom. The second-order valence-electron chi connectivity index (χ2n) is 4.43. The number of methoxy groups -OCH3 is 1. The van der Waals surface area contributed by atoms with Crippen LogP contribution in [0.3, 0.4) is 0 Å². The minimum Gasteiger partial charge on any atom is -0.385 e. The Labute approximate surface area is 114 Å². The lowest BCUT2D eigenvalue weighted by Crippen LogP contribution is -2.10. The molecule has 1 heterocycles. The van der Waals surface area contributed by atoms with E-state index in [1.165, 1.54) is 6.07 Å². The van der Waals surface area contributed by atoms with Gasteiger partial charge in [0, 0.05) is 20.3 Å². The Bertz CT molecular complexity index is 592. The maximum atomic E-state index is 12.7. The molecule has 1 aromatic carbocycles. The Morgan fingerprint density at radius 2 is 2.10 bits per heavy atom. The SMILES string of the molecule is COCCCn1c(CN)nc2cc(C(F)(F)F)ccc21. The summed E-state index contributed by atoms with van der Waals surface area (Å²) < 4.78 is 44.9. The van der Waals surface area contributed by atoms with Crippen LogP contribution in [0.15, 0.2) is 18.2 Å². The van der Waals surface area contributed by atoms with Gasteiger partial charge >= 0.3 is 6.18 Å². The molecular formula is C13H16F3N3O. The van der Waals surface area contributed by atoms with Crippen molar-refractivity contribution in [3.63, 3.8) is 0 Å². The second kappa shape index (κ2) is 5.80. The van der Waals surface area contributed by atoms with Gasteiger partial charge in [0.2, 0.25) is 0 Å². The van der Waals surface area contributed by atoms with E-state index >= 15 is 0 Å². The number of benzene rings is 1. The van der Waals surface area contributed by atoms with Crippen LogP contribution >= 0.6 is 0 Å². The van der Waals surface area contributed by atoms with E-state index in [9.17, 15) is 13.2 Å². The van der Waals surface area contributed by atoms with Crippen LogP contribution < -0.4 is 5.73 Å². The van der Waals surface area contributed by atoms with Crippen molar-refractivity contribution in [1.82, 2.24) is 9.55 Å². The molecule has 0 unspecified atom stereocenters. The Kier molecular flexibility index (Phi) is 4.29. The van der Waals surface area contributed by atoms with E-state index in [2.05, 4.69) is 4.98 Å². The lowest BCUT2D eigenvalue weighted by molar-refractivity contribution is -0.137. The van der Waals surface area contributed by atoms with Crippen LogP contribution in [-0.2, 0) is 24.0 Å². The molecule has 0 saturated carbocycles. The third-order valence-corrected chi connectivity index (χ3v) is 3.07. The molecule has 20 heavy (non-hydrogen) atoms. The standard InChI is InChI=1S/C13H16F3N3O/c1-20-6-2-5-19-11-4-3-9(13(14,15)16)7-10(11)18-12(19)8-17/h3-4,7H,2,5-6,8,17H2,1H3. The molecule has 0 aliphatic carbocycles. The minimum absolute atomic E-state index is 0.184. The molecule has 0 aliphatic rings. The van der Waals surface area contributed by atoms with Crippen LogP contribution in [0.5, 0.6) is 0 Å². The third kappa shape index (κ3) is 2.94. The smallest absolute Gasteiger partial charge is 0.385 e. The molecular weight excluding hydrogens is 271 g/mol. The number of halogens is 3. The zero-order valence-corrected chi connectivity index (χ0v) is 11.1. The van der Waals surface area contributed by atoms with Crippen molar-refractivity contribution in [2.24, 2.45) is 5.73 Å². The molecule has 0 aliphatic heterocycles. The first kappa shape index (κ1) is 14.8. The van der Waals surface area contributed by atoms with Crippen LogP contribution in [0.2, 0.25) is 0 Å². The van der Waals surface area contributed by atoms with Gasteiger partial charge in [0.05, 0.1) is 23.1 Å². The number of rotatable bonds is 5. The highest BCUT2D eigenvalue weighted by atomic mass is 19.4. The highest BCUT2D eigenvalue weighted by Crippen LogP contribution is 2.31. The van der Waals surface area contributed by atoms with E-state index in [1.807, 2.05) is 4.57 Å². The number of fused-ring (bicyclic) bond motifs is 1. The van der Waals surface area contributed by atoms with E-state index in [-0.39, 0.29) is 6.54 Å². The summed E-state index contributed by atoms with van der Waals surface area (Å²) in [7, 11) is 1.60. The summed E-state index contributed by atoms with van der Waals surface area (Å²) >= 11 is 0. The number of aromatic nitrogens is 2. The number of hydrogen-bond donors (Lipinski definition) is 1. The van der Waals surface area contributed by atoms with Gasteiger partial charge in [-0.25, -0.2) is 4.98 Å². The summed E-state index contributed by atoms with van der Waals surface area (Å²) in [5.41, 5.74) is 5.89. The molecule has 0 spiro atoms. The van der Waals surface area contributed by atoms with Crippen LogP contribution in [0, 0.1) is 0 Å². The molecule has 0 bridgehead atoms. The van der Waals surface area contributed by atoms with Crippen LogP contribution in [-0.4, -0.2) is 23.3 Å². The molecule has 7 heteroatoms. The monoisotopic (exact) mass is 287 g/mol. The predicted molar refractivity (Wildman–Crippen MR) is 69.1 cm³/mol. The fourth-order valence-corrected chi connectivity index (χ4v) is 2.13. The van der Waals surface area contributed by atoms with Gasteiger partial charge in [-0.1, -0.05) is 0 Å². The van der Waals surface area contributed by atoms with Gasteiger partial charge in [0.25, 0.3) is 0 Å². The number of nitrogens with zero attached hydrogens (tertiary/aromatic N) is 2. The van der Waals surface area contributed by atoms with Crippen molar-refractivity contribution >= 4 is 11.0 Å². The largest absolute Gasteiger partial charge is 0.416 e. The number of nitrogens with two attached hydrogens (primary N) is 1. The molecule has 2 aromatic rings. The van der Waals surface area contributed by atoms with Gasteiger partial charge in [-0.2, -0.15) is 13.2 Å². The lowest BCUT2D eigenvalue weighted by Gasteiger charge is -2.09. The topological polar surface area (TPSA) is 53.1 Å². The first-order valence-corrected chi connectivity index (χ1v) is 6.22. The molecule has 1 aromatic heterocycles. The average Bonchev–Trinajstić information content (AvgIpc) is 2.75. The van der Waals surface area contributed by atoms with Gasteiger partial charge < -0.3 is 15.0 Å². The third-order valence-electron chi connectivity index (χ3n) is 3.07. The summed E-state index contributed by atoms with van der Waals surface area (Å²) in [4.78, 5) is 4.18. The number of ether oxygens (including phenoxy) is 1. The average molecular weight is 287 g/mol. The normalized spacial score (nSPS) is 12.2. The van der Waals surface area contributed by atoms with E-state index in [0.717, 1.165) is 18.6 Å². The van der Waals surface area contributed by atoms with E-state index in [0.29, 0.717) is 30.0 Å². The number of aryl methyl sites for hydroxylation is 1. The fourth-order valence-electron chi connectivity index (χ4n) is 2.13. The molecule has 2 N–H and O–H groups in total. The van der Waals surface area contributed by atoms with Crippen molar-refractivity contribution < 1.29 is 17.9 Å². The van der Waals surface area contributed by atoms with Crippen molar-refractivity contribution in [2.75, 3.05) is 13.7 Å². The van der Waals surface area contributed by atoms with E-state index in [1.54, 1.807) is 7.11 Å². The van der Waals surface area contributed by atoms with Crippen molar-refractivity contribution in [2.45, 2.75) is 25.7 Å². The van der Waals surface area contributed by atoms with Gasteiger partial charge in [-0.05, 0) is 24.6 Å². The molecule has 0 atom stereocenters. The molecule has 4 nitrogen and oxygen atoms in total. The van der Waals surface area contributed by atoms with Gasteiger partial charge in [0.15, 0.2) is 0 Å². The maximum Gasteiger partial charge on any atom is 0.416 e. The summed E-state index contributed by atoms with van der Waals surface area (Å²) in [5.74, 6) is 0.579. The summed E-state index contributed by atoms with van der Waals surface area (Å²) in [5, 5.41) is 0.